The molecule has 4 aliphatic rings. The number of benzene rings is 3. The summed E-state index contributed by atoms with van der Waals surface area (Å²) >= 11 is 14.1. The number of nitro groups is 2. The van der Waals surface area contributed by atoms with Gasteiger partial charge in [-0.1, -0.05) is 29.8 Å². The number of aromatic hydroxyl groups is 1. The molecule has 6 atom stereocenters. The fourth-order valence-corrected chi connectivity index (χ4v) is 9.28. The van der Waals surface area contributed by atoms with Gasteiger partial charge in [0.25, 0.3) is 11.8 Å². The minimum atomic E-state index is -2.88. The highest BCUT2D eigenvalue weighted by Crippen LogP contribution is 2.67. The average molecular weight is 810 g/mol. The van der Waals surface area contributed by atoms with Crippen molar-refractivity contribution in [2.75, 3.05) is 28.8 Å². The Hall–Kier alpha value is -5.69. The minimum absolute atomic E-state index is 0.0253. The van der Waals surface area contributed by atoms with Crippen LogP contribution < -0.4 is 14.7 Å². The average Bonchev–Trinajstić information content (AvgIpc) is 3.47. The number of fused-ring (bicyclic) bond motifs is 4. The van der Waals surface area contributed by atoms with Crippen LogP contribution in [0, 0.1) is 67.1 Å². The topological polar surface area (TPSA) is 185 Å². The van der Waals surface area contributed by atoms with Crippen molar-refractivity contribution < 1.29 is 56.1 Å². The Bertz CT molecular complexity index is 2320. The number of alkyl halides is 2. The molecule has 3 fully saturated rings. The van der Waals surface area contributed by atoms with Crippen LogP contribution >= 0.6 is 23.2 Å². The molecule has 55 heavy (non-hydrogen) atoms. The molecular weight excluding hydrogens is 788 g/mol. The highest BCUT2D eigenvalue weighted by Gasteiger charge is 2.77. The molecule has 2 saturated heterocycles. The van der Waals surface area contributed by atoms with Gasteiger partial charge in [0, 0.05) is 37.7 Å². The van der Waals surface area contributed by atoms with Crippen LogP contribution in [0.25, 0.3) is 0 Å². The van der Waals surface area contributed by atoms with E-state index in [-0.39, 0.29) is 22.5 Å². The zero-order valence-electron chi connectivity index (χ0n) is 27.9. The van der Waals surface area contributed by atoms with Gasteiger partial charge in [0.05, 0.1) is 27.4 Å². The number of carbonyl (C=O) groups excluding carboxylic acids is 4. The smallest absolute Gasteiger partial charge is 0.301 e. The van der Waals surface area contributed by atoms with Gasteiger partial charge in [-0.15, -0.1) is 23.2 Å². The van der Waals surface area contributed by atoms with E-state index < -0.39 is 137 Å². The van der Waals surface area contributed by atoms with Crippen LogP contribution in [0.3, 0.4) is 0 Å². The lowest BCUT2D eigenvalue weighted by Gasteiger charge is -2.50. The zero-order chi connectivity index (χ0) is 40.4. The van der Waals surface area contributed by atoms with Crippen molar-refractivity contribution in [3.05, 3.63) is 103 Å². The third kappa shape index (κ3) is 4.84. The van der Waals surface area contributed by atoms with E-state index in [1.807, 2.05) is 0 Å². The van der Waals surface area contributed by atoms with Gasteiger partial charge >= 0.3 is 11.4 Å². The number of amides is 4. The van der Waals surface area contributed by atoms with Crippen LogP contribution in [0.1, 0.15) is 24.3 Å². The molecule has 14 nitrogen and oxygen atoms in total. The standard InChI is InChI=1S/C34H22Cl2F5N5O9/c1-42(2)27-17(45(52)53)9-12(10-18(27)46(54)55)43-29(48)15-8-7-13-16(20(15)30(43)49)11-33(35)31(50)44(28-25(40)23(38)22(37)24(39)26(28)41)32(51)34(33,36)21(13)14-5-3-4-6-19(14)47/h3-7,9-10,15-16,20-21,47H,8,11H2,1-2H3/t15-,16+,20-,21+,33+,34-/m0/s1. The molecule has 1 N–H and O–H groups in total. The number of phenolic OH excluding ortho intramolecular Hbond substituents is 1. The van der Waals surface area contributed by atoms with Gasteiger partial charge in [-0.25, -0.2) is 31.8 Å². The fourth-order valence-electron chi connectivity index (χ4n) is 8.35. The Morgan fingerprint density at radius 3 is 1.89 bits per heavy atom. The first-order valence-corrected chi connectivity index (χ1v) is 16.8. The monoisotopic (exact) mass is 809 g/mol. The van der Waals surface area contributed by atoms with E-state index in [4.69, 9.17) is 23.2 Å². The summed E-state index contributed by atoms with van der Waals surface area (Å²) in [5, 5.41) is 35.2. The molecule has 0 radical (unpaired) electrons. The number of allylic oxidation sites excluding steroid dienone is 2. The zero-order valence-corrected chi connectivity index (χ0v) is 29.4. The highest BCUT2D eigenvalue weighted by molar-refractivity contribution is 6.58. The van der Waals surface area contributed by atoms with E-state index in [1.54, 1.807) is 0 Å². The van der Waals surface area contributed by atoms with Crippen LogP contribution in [-0.2, 0) is 19.2 Å². The predicted molar refractivity (Wildman–Crippen MR) is 181 cm³/mol. The molecule has 2 aliphatic heterocycles. The van der Waals surface area contributed by atoms with E-state index in [0.29, 0.717) is 4.90 Å². The maximum absolute atomic E-state index is 15.2. The lowest BCUT2D eigenvalue weighted by molar-refractivity contribution is -0.392. The summed E-state index contributed by atoms with van der Waals surface area (Å²) in [5.74, 6) is -24.8. The number of hydrogen-bond acceptors (Lipinski definition) is 10. The maximum atomic E-state index is 15.2. The molecule has 1 saturated carbocycles. The lowest BCUT2D eigenvalue weighted by atomic mass is 9.56. The molecule has 0 bridgehead atoms. The molecule has 3 aromatic rings. The summed E-state index contributed by atoms with van der Waals surface area (Å²) in [7, 11) is 2.60. The van der Waals surface area contributed by atoms with Crippen molar-refractivity contribution in [1.29, 1.82) is 0 Å². The summed E-state index contributed by atoms with van der Waals surface area (Å²) in [6.45, 7) is 0. The second-order valence-corrected chi connectivity index (χ2v) is 14.7. The van der Waals surface area contributed by atoms with Crippen LogP contribution in [0.5, 0.6) is 5.75 Å². The summed E-state index contributed by atoms with van der Waals surface area (Å²) in [4.78, 5) is 74.8. The van der Waals surface area contributed by atoms with E-state index in [9.17, 15) is 57.7 Å². The van der Waals surface area contributed by atoms with Crippen LogP contribution in [0.15, 0.2) is 48.0 Å². The number of imide groups is 2. The molecule has 21 heteroatoms. The molecule has 286 valence electrons. The van der Waals surface area contributed by atoms with Crippen molar-refractivity contribution in [2.24, 2.45) is 17.8 Å². The fraction of sp³-hybridized carbons (Fsp3) is 0.294. The van der Waals surface area contributed by atoms with Crippen molar-refractivity contribution in [1.82, 2.24) is 0 Å². The van der Waals surface area contributed by atoms with E-state index in [0.717, 1.165) is 23.1 Å². The number of carbonyl (C=O) groups is 4. The molecule has 4 amide bonds. The number of rotatable bonds is 6. The summed E-state index contributed by atoms with van der Waals surface area (Å²) in [6, 6.07) is 6.71. The first-order valence-electron chi connectivity index (χ1n) is 16.0. The van der Waals surface area contributed by atoms with Crippen molar-refractivity contribution in [2.45, 2.75) is 28.5 Å². The Labute approximate surface area is 314 Å². The Morgan fingerprint density at radius 2 is 1.36 bits per heavy atom. The largest absolute Gasteiger partial charge is 0.508 e. The summed E-state index contributed by atoms with van der Waals surface area (Å²) in [5.41, 5.74) is -4.79. The van der Waals surface area contributed by atoms with E-state index in [1.165, 1.54) is 38.4 Å². The SMILES string of the molecule is CN(C)c1c([N+](=O)[O-])cc(N2C(=O)[C@H]3[C@H](CC=C4[C@H]3C[C@@]3(Cl)C(=O)N(c5c(F)c(F)c(F)c(F)c5F)C(=O)[C@@]3(Cl)[C@H]4c3ccccc3O)C2=O)cc1[N+](=O)[O-]. The second kappa shape index (κ2) is 12.4. The Morgan fingerprint density at radius 1 is 0.818 bits per heavy atom. The third-order valence-electron chi connectivity index (χ3n) is 10.6. The first-order chi connectivity index (χ1) is 25.7. The predicted octanol–water partition coefficient (Wildman–Crippen LogP) is 5.74. The first kappa shape index (κ1) is 37.6. The van der Waals surface area contributed by atoms with Gasteiger partial charge in [0.2, 0.25) is 17.6 Å². The van der Waals surface area contributed by atoms with Gasteiger partial charge in [-0.05, 0) is 24.8 Å². The van der Waals surface area contributed by atoms with Gasteiger partial charge in [0.1, 0.15) is 11.4 Å². The molecule has 0 spiro atoms. The van der Waals surface area contributed by atoms with E-state index in [2.05, 4.69) is 0 Å². The second-order valence-electron chi connectivity index (χ2n) is 13.5. The molecular formula is C34H22Cl2F5N5O9. The van der Waals surface area contributed by atoms with Gasteiger partial charge < -0.3 is 10.0 Å². The number of halogens is 7. The number of anilines is 3. The van der Waals surface area contributed by atoms with Gasteiger partial charge in [-0.2, -0.15) is 0 Å². The molecule has 2 heterocycles. The quantitative estimate of drug-likeness (QED) is 0.0471. The third-order valence-corrected chi connectivity index (χ3v) is 12.0. The minimum Gasteiger partial charge on any atom is -0.508 e. The number of phenols is 1. The number of para-hydroxylation sites is 1. The van der Waals surface area contributed by atoms with Crippen LogP contribution in [0.2, 0.25) is 0 Å². The summed E-state index contributed by atoms with van der Waals surface area (Å²) in [6.07, 6.45) is 0.211. The maximum Gasteiger partial charge on any atom is 0.301 e. The van der Waals surface area contributed by atoms with E-state index >= 15 is 8.78 Å². The van der Waals surface area contributed by atoms with Crippen molar-refractivity contribution >= 4 is 75.3 Å². The van der Waals surface area contributed by atoms with Gasteiger partial charge in [0.15, 0.2) is 38.7 Å². The van der Waals surface area contributed by atoms with Crippen molar-refractivity contribution in [3.8, 4) is 5.75 Å². The highest BCUT2D eigenvalue weighted by atomic mass is 35.5. The van der Waals surface area contributed by atoms with Crippen LogP contribution in [-0.4, -0.2) is 62.4 Å². The number of nitrogens with zero attached hydrogens (tertiary/aromatic N) is 5. The number of hydrogen-bond donors (Lipinski definition) is 1. The molecule has 3 aromatic carbocycles. The van der Waals surface area contributed by atoms with Gasteiger partial charge in [-0.3, -0.25) is 39.4 Å². The molecule has 2 aliphatic carbocycles. The Balaban J connectivity index is 1.41. The normalized spacial score (nSPS) is 27.2. The number of nitro benzene ring substituents is 2. The summed E-state index contributed by atoms with van der Waals surface area (Å²) < 4.78 is 73.4. The van der Waals surface area contributed by atoms with Crippen LogP contribution in [0.4, 0.5) is 50.4 Å². The van der Waals surface area contributed by atoms with Crippen molar-refractivity contribution in [3.63, 3.8) is 0 Å². The molecule has 0 unspecified atom stereocenters. The molecule has 0 aromatic heterocycles. The Kier molecular flexibility index (Phi) is 8.49. The molecule has 7 rings (SSSR count). The lowest BCUT2D eigenvalue weighted by Crippen LogP contribution is -2.60.